The van der Waals surface area contributed by atoms with Crippen molar-refractivity contribution >= 4 is 17.4 Å². The fourth-order valence-electron chi connectivity index (χ4n) is 2.68. The van der Waals surface area contributed by atoms with E-state index in [-0.39, 0.29) is 0 Å². The van der Waals surface area contributed by atoms with E-state index < -0.39 is 0 Å². The fourth-order valence-corrected chi connectivity index (χ4v) is 2.92. The Kier molecular flexibility index (Phi) is 6.67. The maximum Gasteiger partial charge on any atom is 0.155 e. The van der Waals surface area contributed by atoms with Gasteiger partial charge >= 0.3 is 0 Å². The van der Waals surface area contributed by atoms with Crippen LogP contribution in [0.3, 0.4) is 0 Å². The van der Waals surface area contributed by atoms with Crippen molar-refractivity contribution in [1.82, 2.24) is 10.2 Å². The second-order valence-electron chi connectivity index (χ2n) is 5.52. The third kappa shape index (κ3) is 4.29. The Balaban J connectivity index is 2.16. The van der Waals surface area contributed by atoms with Crippen LogP contribution in [0.15, 0.2) is 24.3 Å². The van der Waals surface area contributed by atoms with Crippen LogP contribution in [0.5, 0.6) is 11.5 Å². The monoisotopic (exact) mass is 349 g/mol. The lowest BCUT2D eigenvalue weighted by molar-refractivity contribution is 0.391. The minimum Gasteiger partial charge on any atom is -0.497 e. The molecular formula is C18H24ClN3O2. The second-order valence-corrected chi connectivity index (χ2v) is 5.88. The molecule has 1 heterocycles. The maximum atomic E-state index is 6.21. The molecule has 0 atom stereocenters. The van der Waals surface area contributed by atoms with Crippen molar-refractivity contribution in [3.05, 3.63) is 40.5 Å². The van der Waals surface area contributed by atoms with Crippen LogP contribution in [0.2, 0.25) is 5.15 Å². The largest absolute Gasteiger partial charge is 0.497 e. The second kappa shape index (κ2) is 8.73. The van der Waals surface area contributed by atoms with Crippen LogP contribution in [0.4, 0.5) is 5.82 Å². The van der Waals surface area contributed by atoms with Crippen LogP contribution in [0.25, 0.3) is 0 Å². The Morgan fingerprint density at radius 2 is 1.83 bits per heavy atom. The van der Waals surface area contributed by atoms with E-state index in [1.165, 1.54) is 0 Å². The van der Waals surface area contributed by atoms with Gasteiger partial charge in [-0.2, -0.15) is 0 Å². The number of nitrogens with one attached hydrogen (secondary N) is 1. The van der Waals surface area contributed by atoms with Crippen LogP contribution in [0.1, 0.15) is 43.7 Å². The van der Waals surface area contributed by atoms with E-state index in [9.17, 15) is 0 Å². The summed E-state index contributed by atoms with van der Waals surface area (Å²) in [5, 5.41) is 12.0. The third-order valence-electron chi connectivity index (χ3n) is 4.16. The number of aromatic nitrogens is 2. The van der Waals surface area contributed by atoms with E-state index in [4.69, 9.17) is 21.1 Å². The molecule has 0 aliphatic rings. The first-order chi connectivity index (χ1) is 11.6. The van der Waals surface area contributed by atoms with Crippen molar-refractivity contribution in [2.24, 2.45) is 0 Å². The molecule has 1 N–H and O–H groups in total. The Bertz CT molecular complexity index is 675. The zero-order valence-electron chi connectivity index (χ0n) is 14.6. The number of halogens is 1. The Morgan fingerprint density at radius 3 is 2.46 bits per heavy atom. The summed E-state index contributed by atoms with van der Waals surface area (Å²) < 4.78 is 10.6. The fraction of sp³-hybridized carbons (Fsp3) is 0.444. The zero-order chi connectivity index (χ0) is 17.5. The van der Waals surface area contributed by atoms with Crippen molar-refractivity contribution in [2.45, 2.75) is 39.2 Å². The Labute approximate surface area is 148 Å². The molecule has 1 aromatic carbocycles. The summed E-state index contributed by atoms with van der Waals surface area (Å²) >= 11 is 6.21. The number of rotatable bonds is 8. The van der Waals surface area contributed by atoms with Gasteiger partial charge in [-0.1, -0.05) is 25.4 Å². The SMILES string of the molecule is CCC(CC)c1cc(NCc2ccc(OC)cc2OC)nnc1Cl. The lowest BCUT2D eigenvalue weighted by Gasteiger charge is -2.15. The van der Waals surface area contributed by atoms with Crippen LogP contribution < -0.4 is 14.8 Å². The van der Waals surface area contributed by atoms with Gasteiger partial charge < -0.3 is 14.8 Å². The van der Waals surface area contributed by atoms with Gasteiger partial charge in [-0.15, -0.1) is 10.2 Å². The van der Waals surface area contributed by atoms with E-state index in [0.717, 1.165) is 35.5 Å². The molecule has 0 saturated heterocycles. The minimum absolute atomic E-state index is 0.393. The van der Waals surface area contributed by atoms with E-state index >= 15 is 0 Å². The Morgan fingerprint density at radius 1 is 1.08 bits per heavy atom. The summed E-state index contributed by atoms with van der Waals surface area (Å²) in [6, 6.07) is 7.72. The quantitative estimate of drug-likeness (QED) is 0.750. The van der Waals surface area contributed by atoms with Gasteiger partial charge in [-0.25, -0.2) is 0 Å². The number of anilines is 1. The molecule has 2 aromatic rings. The van der Waals surface area contributed by atoms with Crippen LogP contribution >= 0.6 is 11.6 Å². The lowest BCUT2D eigenvalue weighted by Crippen LogP contribution is -2.07. The van der Waals surface area contributed by atoms with Crippen molar-refractivity contribution in [3.63, 3.8) is 0 Å². The summed E-state index contributed by atoms with van der Waals surface area (Å²) in [6.07, 6.45) is 2.04. The van der Waals surface area contributed by atoms with E-state index in [0.29, 0.717) is 23.4 Å². The maximum absolute atomic E-state index is 6.21. The first-order valence-electron chi connectivity index (χ1n) is 8.10. The molecule has 0 spiro atoms. The molecule has 0 aliphatic carbocycles. The van der Waals surface area contributed by atoms with Crippen molar-refractivity contribution in [1.29, 1.82) is 0 Å². The molecule has 0 bridgehead atoms. The summed E-state index contributed by atoms with van der Waals surface area (Å²) in [4.78, 5) is 0. The van der Waals surface area contributed by atoms with Gasteiger partial charge in [0.25, 0.3) is 0 Å². The lowest BCUT2D eigenvalue weighted by atomic mass is 9.96. The van der Waals surface area contributed by atoms with Gasteiger partial charge in [0.05, 0.1) is 14.2 Å². The van der Waals surface area contributed by atoms with Crippen LogP contribution in [0, 0.1) is 0 Å². The highest BCUT2D eigenvalue weighted by Gasteiger charge is 2.14. The molecule has 2 rings (SSSR count). The summed E-state index contributed by atoms with van der Waals surface area (Å²) in [7, 11) is 3.28. The van der Waals surface area contributed by atoms with E-state index in [2.05, 4.69) is 29.4 Å². The van der Waals surface area contributed by atoms with E-state index in [1.807, 2.05) is 24.3 Å². The van der Waals surface area contributed by atoms with Crippen molar-refractivity contribution in [2.75, 3.05) is 19.5 Å². The molecule has 0 saturated carbocycles. The smallest absolute Gasteiger partial charge is 0.155 e. The first kappa shape index (κ1) is 18.3. The first-order valence-corrected chi connectivity index (χ1v) is 8.48. The molecule has 0 radical (unpaired) electrons. The number of nitrogens with zero attached hydrogens (tertiary/aromatic N) is 2. The van der Waals surface area contributed by atoms with Crippen LogP contribution in [-0.2, 0) is 6.54 Å². The molecule has 24 heavy (non-hydrogen) atoms. The summed E-state index contributed by atoms with van der Waals surface area (Å²) in [5.74, 6) is 2.63. The van der Waals surface area contributed by atoms with Gasteiger partial charge in [0.1, 0.15) is 17.3 Å². The molecule has 0 fully saturated rings. The number of methoxy groups -OCH3 is 2. The van der Waals surface area contributed by atoms with Gasteiger partial charge in [0.15, 0.2) is 5.15 Å². The third-order valence-corrected chi connectivity index (χ3v) is 4.45. The average Bonchev–Trinajstić information content (AvgIpc) is 2.62. The molecule has 0 aliphatic heterocycles. The summed E-state index contributed by atoms with van der Waals surface area (Å²) in [6.45, 7) is 4.88. The number of hydrogen-bond acceptors (Lipinski definition) is 5. The standard InChI is InChI=1S/C18H24ClN3O2/c1-5-12(6-2)15-10-17(21-22-18(15)19)20-11-13-7-8-14(23-3)9-16(13)24-4/h7-10,12H,5-6,11H2,1-4H3,(H,20,21). The van der Waals surface area contributed by atoms with E-state index in [1.54, 1.807) is 14.2 Å². The van der Waals surface area contributed by atoms with Crippen molar-refractivity contribution < 1.29 is 9.47 Å². The van der Waals surface area contributed by atoms with Crippen LogP contribution in [-0.4, -0.2) is 24.4 Å². The Hall–Kier alpha value is -2.01. The van der Waals surface area contributed by atoms with Gasteiger partial charge in [-0.3, -0.25) is 0 Å². The number of benzene rings is 1. The predicted molar refractivity (Wildman–Crippen MR) is 97.2 cm³/mol. The normalized spacial score (nSPS) is 10.8. The average molecular weight is 350 g/mol. The predicted octanol–water partition coefficient (Wildman–Crippen LogP) is 4.66. The van der Waals surface area contributed by atoms with Gasteiger partial charge in [0, 0.05) is 18.2 Å². The molecule has 6 heteroatoms. The zero-order valence-corrected chi connectivity index (χ0v) is 15.4. The number of ether oxygens (including phenoxy) is 2. The van der Waals surface area contributed by atoms with Gasteiger partial charge in [0.2, 0.25) is 0 Å². The molecule has 0 amide bonds. The van der Waals surface area contributed by atoms with Crippen molar-refractivity contribution in [3.8, 4) is 11.5 Å². The minimum atomic E-state index is 0.393. The highest BCUT2D eigenvalue weighted by Crippen LogP contribution is 2.30. The topological polar surface area (TPSA) is 56.3 Å². The molecule has 1 aromatic heterocycles. The molecule has 130 valence electrons. The summed E-state index contributed by atoms with van der Waals surface area (Å²) in [5.41, 5.74) is 2.06. The molecular weight excluding hydrogens is 326 g/mol. The number of hydrogen-bond donors (Lipinski definition) is 1. The highest BCUT2D eigenvalue weighted by atomic mass is 35.5. The molecule has 0 unspecified atom stereocenters. The van der Waals surface area contributed by atoms with Gasteiger partial charge in [-0.05, 0) is 42.5 Å². The molecule has 5 nitrogen and oxygen atoms in total. The highest BCUT2D eigenvalue weighted by molar-refractivity contribution is 6.30.